The fourth-order valence-electron chi connectivity index (χ4n) is 3.02. The maximum atomic E-state index is 12.9. The molecule has 0 unspecified atom stereocenters. The summed E-state index contributed by atoms with van der Waals surface area (Å²) in [6.45, 7) is 3.01. The van der Waals surface area contributed by atoms with Crippen LogP contribution in [-0.2, 0) is 9.53 Å². The van der Waals surface area contributed by atoms with E-state index in [1.165, 1.54) is 24.3 Å². The first kappa shape index (κ1) is 21.5. The van der Waals surface area contributed by atoms with Gasteiger partial charge in [0, 0.05) is 37.5 Å². The lowest BCUT2D eigenvalue weighted by atomic mass is 9.79. The smallest absolute Gasteiger partial charge is 0.220 e. The molecule has 1 fully saturated rings. The molecule has 1 amide bonds. The van der Waals surface area contributed by atoms with Crippen LogP contribution in [0.25, 0.3) is 0 Å². The first-order valence-corrected chi connectivity index (χ1v) is 8.30. The zero-order chi connectivity index (χ0) is 17.4. The number of methoxy groups -OCH3 is 1. The standard InChI is InChI=1S/C18H25FN2O3.ClH/c1-24-13-18(8-10-20-11-9-18)12-21-17(23)7-6-16(22)14-2-4-15(19)5-3-14;/h2-5,20H,6-13H2,1H3,(H,21,23);1H. The quantitative estimate of drug-likeness (QED) is 0.687. The highest BCUT2D eigenvalue weighted by molar-refractivity contribution is 5.97. The largest absolute Gasteiger partial charge is 0.384 e. The molecular weight excluding hydrogens is 347 g/mol. The Morgan fingerprint density at radius 2 is 1.84 bits per heavy atom. The molecule has 2 rings (SSSR count). The fraction of sp³-hybridized carbons (Fsp3) is 0.556. The van der Waals surface area contributed by atoms with Crippen LogP contribution in [0.5, 0.6) is 0 Å². The van der Waals surface area contributed by atoms with Gasteiger partial charge in [-0.15, -0.1) is 12.4 Å². The minimum absolute atomic E-state index is 0. The number of hydrogen-bond donors (Lipinski definition) is 2. The number of benzene rings is 1. The molecule has 1 aromatic carbocycles. The van der Waals surface area contributed by atoms with E-state index in [9.17, 15) is 14.0 Å². The third kappa shape index (κ3) is 6.72. The molecule has 1 aliphatic rings. The summed E-state index contributed by atoms with van der Waals surface area (Å²) in [7, 11) is 1.67. The van der Waals surface area contributed by atoms with E-state index in [0.717, 1.165) is 25.9 Å². The van der Waals surface area contributed by atoms with Crippen LogP contribution in [-0.4, -0.2) is 45.0 Å². The maximum absolute atomic E-state index is 12.9. The molecular formula is C18H26ClFN2O3. The van der Waals surface area contributed by atoms with Crippen molar-refractivity contribution in [2.24, 2.45) is 5.41 Å². The number of Topliss-reactive ketones (excluding diaryl/α,β-unsaturated/α-hetero) is 1. The van der Waals surface area contributed by atoms with Crippen LogP contribution in [0.2, 0.25) is 0 Å². The van der Waals surface area contributed by atoms with Gasteiger partial charge in [-0.2, -0.15) is 0 Å². The Morgan fingerprint density at radius 1 is 1.20 bits per heavy atom. The van der Waals surface area contributed by atoms with Crippen molar-refractivity contribution < 1.29 is 18.7 Å². The van der Waals surface area contributed by atoms with Crippen molar-refractivity contribution in [1.29, 1.82) is 0 Å². The van der Waals surface area contributed by atoms with Crippen LogP contribution in [0.4, 0.5) is 4.39 Å². The summed E-state index contributed by atoms with van der Waals surface area (Å²) < 4.78 is 18.2. The van der Waals surface area contributed by atoms with Crippen LogP contribution in [0.15, 0.2) is 24.3 Å². The first-order chi connectivity index (χ1) is 11.5. The molecule has 0 aliphatic carbocycles. The molecule has 7 heteroatoms. The third-order valence-electron chi connectivity index (χ3n) is 4.52. The second-order valence-electron chi connectivity index (χ2n) is 6.39. The predicted octanol–water partition coefficient (Wildman–Crippen LogP) is 2.34. The topological polar surface area (TPSA) is 67.4 Å². The van der Waals surface area contributed by atoms with Crippen molar-refractivity contribution >= 4 is 24.1 Å². The van der Waals surface area contributed by atoms with Gasteiger partial charge in [0.2, 0.25) is 5.91 Å². The minimum Gasteiger partial charge on any atom is -0.384 e. The number of amides is 1. The molecule has 0 atom stereocenters. The van der Waals surface area contributed by atoms with E-state index >= 15 is 0 Å². The molecule has 1 heterocycles. The van der Waals surface area contributed by atoms with E-state index in [1.54, 1.807) is 7.11 Å². The molecule has 0 spiro atoms. The van der Waals surface area contributed by atoms with Gasteiger partial charge in [0.1, 0.15) is 5.82 Å². The van der Waals surface area contributed by atoms with Crippen LogP contribution in [0, 0.1) is 11.2 Å². The Hall–Kier alpha value is -1.50. The number of halogens is 2. The van der Waals surface area contributed by atoms with E-state index in [-0.39, 0.29) is 48.2 Å². The number of hydrogen-bond acceptors (Lipinski definition) is 4. The van der Waals surface area contributed by atoms with Crippen molar-refractivity contribution in [2.45, 2.75) is 25.7 Å². The van der Waals surface area contributed by atoms with Gasteiger partial charge in [0.25, 0.3) is 0 Å². The molecule has 0 aromatic heterocycles. The Labute approximate surface area is 154 Å². The molecule has 0 bridgehead atoms. The zero-order valence-electron chi connectivity index (χ0n) is 14.5. The van der Waals surface area contributed by atoms with Gasteiger partial charge < -0.3 is 15.4 Å². The van der Waals surface area contributed by atoms with Gasteiger partial charge >= 0.3 is 0 Å². The van der Waals surface area contributed by atoms with E-state index in [2.05, 4.69) is 10.6 Å². The average Bonchev–Trinajstić information content (AvgIpc) is 2.60. The molecule has 1 saturated heterocycles. The summed E-state index contributed by atoms with van der Waals surface area (Å²) in [5.74, 6) is -0.673. The van der Waals surface area contributed by atoms with E-state index in [0.29, 0.717) is 18.7 Å². The first-order valence-electron chi connectivity index (χ1n) is 8.30. The highest BCUT2D eigenvalue weighted by Crippen LogP contribution is 2.28. The lowest BCUT2D eigenvalue weighted by molar-refractivity contribution is -0.122. The molecule has 1 aliphatic heterocycles. The Morgan fingerprint density at radius 3 is 2.44 bits per heavy atom. The monoisotopic (exact) mass is 372 g/mol. The number of carbonyl (C=O) groups is 2. The number of piperidine rings is 1. The summed E-state index contributed by atoms with van der Waals surface area (Å²) in [4.78, 5) is 24.0. The fourth-order valence-corrected chi connectivity index (χ4v) is 3.02. The third-order valence-corrected chi connectivity index (χ3v) is 4.52. The van der Waals surface area contributed by atoms with Gasteiger partial charge in [-0.05, 0) is 50.2 Å². The molecule has 140 valence electrons. The molecule has 5 nitrogen and oxygen atoms in total. The summed E-state index contributed by atoms with van der Waals surface area (Å²) in [6, 6.07) is 5.38. The Kier molecular flexibility index (Phi) is 9.03. The summed E-state index contributed by atoms with van der Waals surface area (Å²) in [6.07, 6.45) is 2.17. The number of carbonyl (C=O) groups excluding carboxylic acids is 2. The van der Waals surface area contributed by atoms with Crippen molar-refractivity contribution in [3.05, 3.63) is 35.6 Å². The Bertz CT molecular complexity index is 554. The van der Waals surface area contributed by atoms with Crippen molar-refractivity contribution in [2.75, 3.05) is 33.4 Å². The second-order valence-corrected chi connectivity index (χ2v) is 6.39. The van der Waals surface area contributed by atoms with Gasteiger partial charge in [0.05, 0.1) is 6.61 Å². The molecule has 1 aromatic rings. The predicted molar refractivity (Wildman–Crippen MR) is 96.6 cm³/mol. The van der Waals surface area contributed by atoms with Crippen LogP contribution < -0.4 is 10.6 Å². The molecule has 0 saturated carbocycles. The zero-order valence-corrected chi connectivity index (χ0v) is 15.3. The van der Waals surface area contributed by atoms with E-state index in [4.69, 9.17) is 4.74 Å². The van der Waals surface area contributed by atoms with E-state index in [1.807, 2.05) is 0 Å². The van der Waals surface area contributed by atoms with Gasteiger partial charge in [-0.1, -0.05) is 0 Å². The summed E-state index contributed by atoms with van der Waals surface area (Å²) >= 11 is 0. The van der Waals surface area contributed by atoms with Crippen molar-refractivity contribution in [3.63, 3.8) is 0 Å². The molecule has 2 N–H and O–H groups in total. The number of ketones is 1. The SMILES string of the molecule is COCC1(CNC(=O)CCC(=O)c2ccc(F)cc2)CCNCC1.Cl. The Balaban J connectivity index is 0.00000312. The average molecular weight is 373 g/mol. The summed E-state index contributed by atoms with van der Waals surface area (Å²) in [5, 5.41) is 6.24. The van der Waals surface area contributed by atoms with Crippen LogP contribution in [0.3, 0.4) is 0 Å². The lowest BCUT2D eigenvalue weighted by Gasteiger charge is -2.37. The van der Waals surface area contributed by atoms with Gasteiger partial charge in [-0.25, -0.2) is 4.39 Å². The van der Waals surface area contributed by atoms with Gasteiger partial charge in [-0.3, -0.25) is 9.59 Å². The second kappa shape index (κ2) is 10.5. The van der Waals surface area contributed by atoms with E-state index < -0.39 is 0 Å². The molecule has 25 heavy (non-hydrogen) atoms. The highest BCUT2D eigenvalue weighted by Gasteiger charge is 2.32. The number of rotatable bonds is 8. The lowest BCUT2D eigenvalue weighted by Crippen LogP contribution is -2.47. The van der Waals surface area contributed by atoms with Crippen LogP contribution in [0.1, 0.15) is 36.0 Å². The maximum Gasteiger partial charge on any atom is 0.220 e. The number of ether oxygens (including phenoxy) is 1. The van der Waals surface area contributed by atoms with Crippen molar-refractivity contribution in [3.8, 4) is 0 Å². The molecule has 0 radical (unpaired) electrons. The van der Waals surface area contributed by atoms with Crippen LogP contribution >= 0.6 is 12.4 Å². The van der Waals surface area contributed by atoms with Crippen molar-refractivity contribution in [1.82, 2.24) is 10.6 Å². The minimum atomic E-state index is -0.380. The normalized spacial score (nSPS) is 15.9. The highest BCUT2D eigenvalue weighted by atomic mass is 35.5. The summed E-state index contributed by atoms with van der Waals surface area (Å²) in [5.41, 5.74) is 0.398. The van der Waals surface area contributed by atoms with Gasteiger partial charge in [0.15, 0.2) is 5.78 Å². The number of nitrogens with one attached hydrogen (secondary N) is 2.